The summed E-state index contributed by atoms with van der Waals surface area (Å²) in [6.45, 7) is 1.89. The topological polar surface area (TPSA) is 83.5 Å². The molecule has 0 heterocycles. The Hall–Kier alpha value is -1.56. The van der Waals surface area contributed by atoms with E-state index in [0.29, 0.717) is 6.42 Å². The van der Waals surface area contributed by atoms with E-state index in [1.807, 2.05) is 6.92 Å². The average Bonchev–Trinajstić information content (AvgIpc) is 2.26. The zero-order chi connectivity index (χ0) is 12.9. The number of benzene rings is 1. The van der Waals surface area contributed by atoms with Crippen molar-refractivity contribution in [2.24, 2.45) is 0 Å². The highest BCUT2D eigenvalue weighted by Crippen LogP contribution is 2.16. The van der Waals surface area contributed by atoms with E-state index in [1.165, 1.54) is 12.1 Å². The number of hydrogen-bond acceptors (Lipinski definition) is 3. The number of nitrogens with one attached hydrogen (secondary N) is 1. The van der Waals surface area contributed by atoms with E-state index >= 15 is 0 Å². The molecule has 0 spiro atoms. The SMILES string of the molecule is CCCCS(=O)(=O)Nc1ccccc1C(=O)O. The second-order valence-electron chi connectivity index (χ2n) is 3.63. The highest BCUT2D eigenvalue weighted by molar-refractivity contribution is 7.92. The Kier molecular flexibility index (Phi) is 4.51. The first-order valence-electron chi connectivity index (χ1n) is 5.29. The Morgan fingerprint density at radius 2 is 2.00 bits per heavy atom. The molecule has 0 unspecified atom stereocenters. The van der Waals surface area contributed by atoms with Gasteiger partial charge in [0.2, 0.25) is 10.0 Å². The summed E-state index contributed by atoms with van der Waals surface area (Å²) in [5, 5.41) is 8.90. The highest BCUT2D eigenvalue weighted by Gasteiger charge is 2.15. The van der Waals surface area contributed by atoms with Crippen molar-refractivity contribution in [2.45, 2.75) is 19.8 Å². The molecule has 0 radical (unpaired) electrons. The van der Waals surface area contributed by atoms with Crippen LogP contribution in [0.15, 0.2) is 24.3 Å². The molecule has 0 bridgehead atoms. The molecule has 2 N–H and O–H groups in total. The van der Waals surface area contributed by atoms with Gasteiger partial charge in [0.05, 0.1) is 17.0 Å². The summed E-state index contributed by atoms with van der Waals surface area (Å²) < 4.78 is 25.6. The summed E-state index contributed by atoms with van der Waals surface area (Å²) in [5.41, 5.74) is 0.0590. The van der Waals surface area contributed by atoms with Gasteiger partial charge in [0.15, 0.2) is 0 Å². The number of para-hydroxylation sites is 1. The lowest BCUT2D eigenvalue weighted by atomic mass is 10.2. The quantitative estimate of drug-likeness (QED) is 0.815. The number of aromatic carboxylic acids is 1. The number of carboxylic acids is 1. The van der Waals surface area contributed by atoms with Crippen LogP contribution in [0.4, 0.5) is 5.69 Å². The molecule has 6 heteroatoms. The Bertz CT molecular complexity index is 496. The average molecular weight is 257 g/mol. The largest absolute Gasteiger partial charge is 0.478 e. The normalized spacial score (nSPS) is 11.1. The minimum atomic E-state index is -3.47. The van der Waals surface area contributed by atoms with Crippen molar-refractivity contribution in [1.82, 2.24) is 0 Å². The lowest BCUT2D eigenvalue weighted by Gasteiger charge is -2.09. The number of rotatable bonds is 6. The van der Waals surface area contributed by atoms with E-state index in [4.69, 9.17) is 5.11 Å². The van der Waals surface area contributed by atoms with Gasteiger partial charge in [-0.25, -0.2) is 13.2 Å². The van der Waals surface area contributed by atoms with Crippen LogP contribution in [0.25, 0.3) is 0 Å². The van der Waals surface area contributed by atoms with Crippen molar-refractivity contribution in [3.8, 4) is 0 Å². The fourth-order valence-electron chi connectivity index (χ4n) is 1.31. The van der Waals surface area contributed by atoms with Gasteiger partial charge in [-0.05, 0) is 18.6 Å². The number of carboxylic acid groups (broad SMARTS) is 1. The molecule has 5 nitrogen and oxygen atoms in total. The molecule has 0 saturated heterocycles. The molecule has 0 saturated carbocycles. The zero-order valence-corrected chi connectivity index (χ0v) is 10.3. The first-order valence-corrected chi connectivity index (χ1v) is 6.94. The van der Waals surface area contributed by atoms with Gasteiger partial charge in [-0.1, -0.05) is 25.5 Å². The maximum Gasteiger partial charge on any atom is 0.337 e. The molecular weight excluding hydrogens is 242 g/mol. The first kappa shape index (κ1) is 13.5. The van der Waals surface area contributed by atoms with Crippen molar-refractivity contribution >= 4 is 21.7 Å². The summed E-state index contributed by atoms with van der Waals surface area (Å²) in [6, 6.07) is 5.93. The molecule has 17 heavy (non-hydrogen) atoms. The molecule has 0 fully saturated rings. The van der Waals surface area contributed by atoms with Crippen LogP contribution in [-0.2, 0) is 10.0 Å². The molecule has 94 valence electrons. The molecule has 1 aromatic carbocycles. The van der Waals surface area contributed by atoms with Crippen LogP contribution >= 0.6 is 0 Å². The summed E-state index contributed by atoms with van der Waals surface area (Å²) in [4.78, 5) is 10.9. The van der Waals surface area contributed by atoms with Crippen LogP contribution < -0.4 is 4.72 Å². The lowest BCUT2D eigenvalue weighted by molar-refractivity contribution is 0.0698. The third kappa shape index (κ3) is 4.07. The van der Waals surface area contributed by atoms with E-state index in [-0.39, 0.29) is 17.0 Å². The van der Waals surface area contributed by atoms with Gasteiger partial charge in [-0.3, -0.25) is 4.72 Å². The van der Waals surface area contributed by atoms with E-state index < -0.39 is 16.0 Å². The lowest BCUT2D eigenvalue weighted by Crippen LogP contribution is -2.18. The van der Waals surface area contributed by atoms with Gasteiger partial charge in [0.1, 0.15) is 0 Å². The minimum absolute atomic E-state index is 0.00253. The van der Waals surface area contributed by atoms with Gasteiger partial charge in [-0.2, -0.15) is 0 Å². The molecule has 1 aromatic rings. The minimum Gasteiger partial charge on any atom is -0.478 e. The van der Waals surface area contributed by atoms with E-state index in [9.17, 15) is 13.2 Å². The summed E-state index contributed by atoms with van der Waals surface area (Å²) >= 11 is 0. The Morgan fingerprint density at radius 3 is 2.59 bits per heavy atom. The summed E-state index contributed by atoms with van der Waals surface area (Å²) in [5.74, 6) is -1.16. The Morgan fingerprint density at radius 1 is 1.35 bits per heavy atom. The van der Waals surface area contributed by atoms with Crippen LogP contribution in [-0.4, -0.2) is 25.2 Å². The molecule has 0 aliphatic carbocycles. The van der Waals surface area contributed by atoms with Crippen molar-refractivity contribution in [2.75, 3.05) is 10.5 Å². The van der Waals surface area contributed by atoms with Gasteiger partial charge >= 0.3 is 5.97 Å². The van der Waals surface area contributed by atoms with Crippen LogP contribution in [0.2, 0.25) is 0 Å². The second kappa shape index (κ2) is 5.67. The predicted octanol–water partition coefficient (Wildman–Crippen LogP) is 1.93. The van der Waals surface area contributed by atoms with Gasteiger partial charge in [0.25, 0.3) is 0 Å². The van der Waals surface area contributed by atoms with Crippen molar-refractivity contribution in [3.05, 3.63) is 29.8 Å². The van der Waals surface area contributed by atoms with Crippen LogP contribution in [0.3, 0.4) is 0 Å². The first-order chi connectivity index (χ1) is 7.96. The molecule has 0 aromatic heterocycles. The maximum absolute atomic E-state index is 11.6. The van der Waals surface area contributed by atoms with Crippen molar-refractivity contribution in [1.29, 1.82) is 0 Å². The van der Waals surface area contributed by atoms with Crippen LogP contribution in [0.5, 0.6) is 0 Å². The zero-order valence-electron chi connectivity index (χ0n) is 9.51. The molecule has 0 aliphatic rings. The highest BCUT2D eigenvalue weighted by atomic mass is 32.2. The van der Waals surface area contributed by atoms with Gasteiger partial charge in [0, 0.05) is 0 Å². The predicted molar refractivity (Wildman–Crippen MR) is 65.7 cm³/mol. The van der Waals surface area contributed by atoms with Crippen LogP contribution in [0, 0.1) is 0 Å². The van der Waals surface area contributed by atoms with E-state index in [2.05, 4.69) is 4.72 Å². The van der Waals surface area contributed by atoms with Crippen LogP contribution in [0.1, 0.15) is 30.1 Å². The fraction of sp³-hybridized carbons (Fsp3) is 0.364. The number of anilines is 1. The Balaban J connectivity index is 2.92. The van der Waals surface area contributed by atoms with Crippen molar-refractivity contribution < 1.29 is 18.3 Å². The summed E-state index contributed by atoms with van der Waals surface area (Å²) in [7, 11) is -3.47. The molecular formula is C11H15NO4S. The molecule has 1 rings (SSSR count). The number of unbranched alkanes of at least 4 members (excludes halogenated alkanes) is 1. The van der Waals surface area contributed by atoms with E-state index in [1.54, 1.807) is 12.1 Å². The van der Waals surface area contributed by atoms with E-state index in [0.717, 1.165) is 6.42 Å². The number of carbonyl (C=O) groups is 1. The van der Waals surface area contributed by atoms with Gasteiger partial charge in [-0.15, -0.1) is 0 Å². The number of hydrogen-bond donors (Lipinski definition) is 2. The smallest absolute Gasteiger partial charge is 0.337 e. The summed E-state index contributed by atoms with van der Waals surface area (Å²) in [6.07, 6.45) is 1.31. The monoisotopic (exact) mass is 257 g/mol. The number of sulfonamides is 1. The maximum atomic E-state index is 11.6. The molecule has 0 atom stereocenters. The fourth-order valence-corrected chi connectivity index (χ4v) is 2.60. The third-order valence-electron chi connectivity index (χ3n) is 2.19. The second-order valence-corrected chi connectivity index (χ2v) is 5.47. The van der Waals surface area contributed by atoms with Crippen molar-refractivity contribution in [3.63, 3.8) is 0 Å². The molecule has 0 amide bonds. The van der Waals surface area contributed by atoms with Gasteiger partial charge < -0.3 is 5.11 Å². The standard InChI is InChI=1S/C11H15NO4S/c1-2-3-8-17(15,16)12-10-7-5-4-6-9(10)11(13)14/h4-7,12H,2-3,8H2,1H3,(H,13,14). The Labute approximate surface area is 101 Å². The molecule has 0 aliphatic heterocycles. The third-order valence-corrected chi connectivity index (χ3v) is 3.55.